The Morgan fingerprint density at radius 1 is 1.40 bits per heavy atom. The molecule has 0 aliphatic heterocycles. The normalized spacial score (nSPS) is 11.6. The van der Waals surface area contributed by atoms with Gasteiger partial charge in [-0.1, -0.05) is 11.6 Å². The number of carbonyl (C=O) groups excluding carboxylic acids is 1. The van der Waals surface area contributed by atoms with Gasteiger partial charge in [0.1, 0.15) is 0 Å². The first-order valence-electron chi connectivity index (χ1n) is 3.81. The Morgan fingerprint density at radius 2 is 1.93 bits per heavy atom. The maximum atomic E-state index is 12.5. The summed E-state index contributed by atoms with van der Waals surface area (Å²) < 4.78 is 37.3. The maximum Gasteiger partial charge on any atom is 0.418 e. The van der Waals surface area contributed by atoms with E-state index in [-0.39, 0.29) is 10.0 Å². The van der Waals surface area contributed by atoms with E-state index >= 15 is 0 Å². The average molecular weight is 301 g/mol. The van der Waals surface area contributed by atoms with E-state index < -0.39 is 22.5 Å². The lowest BCUT2D eigenvalue weighted by Crippen LogP contribution is -2.09. The maximum absolute atomic E-state index is 12.5. The molecule has 0 N–H and O–H groups in total. The molecule has 6 heteroatoms. The number of halogens is 5. The van der Waals surface area contributed by atoms with Crippen molar-refractivity contribution in [3.63, 3.8) is 0 Å². The number of Topliss-reactive ketones (excluding diaryl/α,β-unsaturated/α-hetero) is 1. The topological polar surface area (TPSA) is 17.1 Å². The van der Waals surface area contributed by atoms with Crippen LogP contribution in [0.4, 0.5) is 13.2 Å². The van der Waals surface area contributed by atoms with Crippen molar-refractivity contribution in [3.8, 4) is 0 Å². The number of benzene rings is 1. The Labute approximate surface area is 97.4 Å². The van der Waals surface area contributed by atoms with Gasteiger partial charge in [-0.25, -0.2) is 0 Å². The summed E-state index contributed by atoms with van der Waals surface area (Å²) in [6.45, 7) is 1.19. The quantitative estimate of drug-likeness (QED) is 0.706. The van der Waals surface area contributed by atoms with E-state index in [1.54, 1.807) is 0 Å². The van der Waals surface area contributed by atoms with E-state index in [0.29, 0.717) is 0 Å². The van der Waals surface area contributed by atoms with Crippen molar-refractivity contribution in [2.24, 2.45) is 0 Å². The number of hydrogen-bond acceptors (Lipinski definition) is 1. The van der Waals surface area contributed by atoms with Gasteiger partial charge in [0.25, 0.3) is 0 Å². The van der Waals surface area contributed by atoms with Crippen LogP contribution < -0.4 is 0 Å². The van der Waals surface area contributed by atoms with Gasteiger partial charge in [0.2, 0.25) is 0 Å². The predicted molar refractivity (Wildman–Crippen MR) is 54.2 cm³/mol. The molecule has 0 heterocycles. The first-order chi connectivity index (χ1) is 6.75. The van der Waals surface area contributed by atoms with Gasteiger partial charge in [-0.15, -0.1) is 0 Å². The van der Waals surface area contributed by atoms with Crippen LogP contribution in [-0.2, 0) is 6.18 Å². The lowest BCUT2D eigenvalue weighted by molar-refractivity contribution is -0.138. The molecule has 0 bridgehead atoms. The summed E-state index contributed by atoms with van der Waals surface area (Å²) in [6.07, 6.45) is -4.58. The third-order valence-corrected chi connectivity index (χ3v) is 2.89. The van der Waals surface area contributed by atoms with E-state index in [2.05, 4.69) is 15.9 Å². The monoisotopic (exact) mass is 300 g/mol. The zero-order valence-corrected chi connectivity index (χ0v) is 9.79. The Morgan fingerprint density at radius 3 is 2.33 bits per heavy atom. The number of ketones is 1. The summed E-state index contributed by atoms with van der Waals surface area (Å²) in [6, 6.07) is 2.32. The number of rotatable bonds is 1. The lowest BCUT2D eigenvalue weighted by Gasteiger charge is -2.13. The third kappa shape index (κ3) is 2.52. The summed E-state index contributed by atoms with van der Waals surface area (Å²) in [5.41, 5.74) is -1.05. The molecule has 0 aliphatic carbocycles. The second-order valence-electron chi connectivity index (χ2n) is 2.84. The van der Waals surface area contributed by atoms with Gasteiger partial charge in [-0.05, 0) is 35.0 Å². The SMILES string of the molecule is CC(=O)c1ccc(Cl)c(C(F)(F)F)c1Br. The Hall–Kier alpha value is -0.550. The summed E-state index contributed by atoms with van der Waals surface area (Å²) in [5, 5.41) is -0.431. The van der Waals surface area contributed by atoms with Crippen LogP contribution in [0.15, 0.2) is 16.6 Å². The standard InChI is InChI=1S/C9H5BrClF3O/c1-4(15)5-2-3-6(11)7(8(5)10)9(12,13)14/h2-3H,1H3. The fourth-order valence-electron chi connectivity index (χ4n) is 1.08. The molecule has 0 unspecified atom stereocenters. The highest BCUT2D eigenvalue weighted by Gasteiger charge is 2.36. The van der Waals surface area contributed by atoms with Gasteiger partial charge in [0.05, 0.1) is 10.6 Å². The lowest BCUT2D eigenvalue weighted by atomic mass is 10.1. The van der Waals surface area contributed by atoms with Crippen LogP contribution >= 0.6 is 27.5 Å². The fourth-order valence-corrected chi connectivity index (χ4v) is 2.31. The Kier molecular flexibility index (Phi) is 3.45. The summed E-state index contributed by atoms with van der Waals surface area (Å²) in [7, 11) is 0. The van der Waals surface area contributed by atoms with Crippen LogP contribution in [0.5, 0.6) is 0 Å². The van der Waals surface area contributed by atoms with Crippen molar-refractivity contribution < 1.29 is 18.0 Å². The van der Waals surface area contributed by atoms with Crippen LogP contribution in [0, 0.1) is 0 Å². The van der Waals surface area contributed by atoms with Crippen molar-refractivity contribution in [2.45, 2.75) is 13.1 Å². The molecule has 0 aliphatic rings. The fraction of sp³-hybridized carbons (Fsp3) is 0.222. The molecular weight excluding hydrogens is 296 g/mol. The van der Waals surface area contributed by atoms with Gasteiger partial charge >= 0.3 is 6.18 Å². The first-order valence-corrected chi connectivity index (χ1v) is 4.98. The highest BCUT2D eigenvalue weighted by atomic mass is 79.9. The van der Waals surface area contributed by atoms with E-state index in [0.717, 1.165) is 6.07 Å². The second kappa shape index (κ2) is 4.14. The molecular formula is C9H5BrClF3O. The molecule has 1 aromatic carbocycles. The molecule has 0 radical (unpaired) electrons. The molecule has 0 spiro atoms. The number of hydrogen-bond donors (Lipinski definition) is 0. The van der Waals surface area contributed by atoms with Crippen LogP contribution in [0.3, 0.4) is 0 Å². The Bertz CT molecular complexity index is 415. The zero-order valence-electron chi connectivity index (χ0n) is 7.45. The predicted octanol–water partition coefficient (Wildman–Crippen LogP) is 4.32. The van der Waals surface area contributed by atoms with Gasteiger partial charge in [0, 0.05) is 10.0 Å². The highest BCUT2D eigenvalue weighted by molar-refractivity contribution is 9.10. The van der Waals surface area contributed by atoms with Crippen LogP contribution in [0.1, 0.15) is 22.8 Å². The minimum Gasteiger partial charge on any atom is -0.294 e. The zero-order chi connectivity index (χ0) is 11.8. The molecule has 0 aromatic heterocycles. The van der Waals surface area contributed by atoms with Gasteiger partial charge in [-0.3, -0.25) is 4.79 Å². The van der Waals surface area contributed by atoms with Crippen molar-refractivity contribution in [1.29, 1.82) is 0 Å². The molecule has 15 heavy (non-hydrogen) atoms. The largest absolute Gasteiger partial charge is 0.418 e. The summed E-state index contributed by atoms with van der Waals surface area (Å²) in [5.74, 6) is -0.455. The van der Waals surface area contributed by atoms with E-state index in [9.17, 15) is 18.0 Å². The van der Waals surface area contributed by atoms with Crippen LogP contribution in [0.25, 0.3) is 0 Å². The molecule has 0 saturated carbocycles. The summed E-state index contributed by atoms with van der Waals surface area (Å²) in [4.78, 5) is 11.0. The van der Waals surface area contributed by atoms with Crippen LogP contribution in [0.2, 0.25) is 5.02 Å². The van der Waals surface area contributed by atoms with Crippen molar-refractivity contribution >= 4 is 33.3 Å². The molecule has 0 saturated heterocycles. The molecule has 1 rings (SSSR count). The molecule has 0 amide bonds. The molecule has 1 nitrogen and oxygen atoms in total. The number of alkyl halides is 3. The van der Waals surface area contributed by atoms with Crippen molar-refractivity contribution in [3.05, 3.63) is 32.8 Å². The van der Waals surface area contributed by atoms with E-state index in [4.69, 9.17) is 11.6 Å². The van der Waals surface area contributed by atoms with Gasteiger partial charge < -0.3 is 0 Å². The minimum atomic E-state index is -4.58. The molecule has 82 valence electrons. The van der Waals surface area contributed by atoms with E-state index in [1.165, 1.54) is 13.0 Å². The first kappa shape index (κ1) is 12.5. The van der Waals surface area contributed by atoms with E-state index in [1.807, 2.05) is 0 Å². The summed E-state index contributed by atoms with van der Waals surface area (Å²) >= 11 is 8.17. The van der Waals surface area contributed by atoms with Gasteiger partial charge in [0.15, 0.2) is 5.78 Å². The van der Waals surface area contributed by atoms with Crippen molar-refractivity contribution in [2.75, 3.05) is 0 Å². The molecule has 0 atom stereocenters. The van der Waals surface area contributed by atoms with Gasteiger partial charge in [-0.2, -0.15) is 13.2 Å². The van der Waals surface area contributed by atoms with Crippen molar-refractivity contribution in [1.82, 2.24) is 0 Å². The van der Waals surface area contributed by atoms with Crippen LogP contribution in [-0.4, -0.2) is 5.78 Å². The minimum absolute atomic E-state index is 0.0354. The highest BCUT2D eigenvalue weighted by Crippen LogP contribution is 2.41. The Balaban J connectivity index is 3.51. The third-order valence-electron chi connectivity index (χ3n) is 1.75. The molecule has 0 fully saturated rings. The number of carbonyl (C=O) groups is 1. The average Bonchev–Trinajstić information content (AvgIpc) is 2.00. The molecule has 1 aromatic rings. The second-order valence-corrected chi connectivity index (χ2v) is 4.04. The smallest absolute Gasteiger partial charge is 0.294 e.